The van der Waals surface area contributed by atoms with Gasteiger partial charge >= 0.3 is 6.18 Å². The number of amides is 2. The van der Waals surface area contributed by atoms with Crippen molar-refractivity contribution in [1.29, 1.82) is 0 Å². The second-order valence-corrected chi connectivity index (χ2v) is 11.5. The van der Waals surface area contributed by atoms with Crippen molar-refractivity contribution in [2.24, 2.45) is 17.8 Å². The maximum atomic E-state index is 13.5. The average Bonchev–Trinajstić information content (AvgIpc) is 2.85. The van der Waals surface area contributed by atoms with Crippen LogP contribution in [0.4, 0.5) is 27.6 Å². The van der Waals surface area contributed by atoms with Crippen LogP contribution < -0.4 is 4.90 Å². The molecule has 4 rings (SSSR count). The molecule has 0 radical (unpaired) electrons. The molecule has 3 aliphatic heterocycles. The van der Waals surface area contributed by atoms with Crippen molar-refractivity contribution in [2.45, 2.75) is 57.2 Å². The van der Waals surface area contributed by atoms with Gasteiger partial charge in [-0.3, -0.25) is 9.59 Å². The fraction of sp³-hybridized carbons (Fsp3) is 0.692. The summed E-state index contributed by atoms with van der Waals surface area (Å²) in [7, 11) is 0. The molecule has 3 fully saturated rings. The maximum Gasteiger partial charge on any atom is 0.426 e. The number of piperidine rings is 2. The highest BCUT2D eigenvalue weighted by molar-refractivity contribution is 6.34. The molecule has 3 saturated heterocycles. The molecular formula is C26H33ClF5N3O3. The van der Waals surface area contributed by atoms with E-state index in [1.54, 1.807) is 18.2 Å². The van der Waals surface area contributed by atoms with Crippen LogP contribution in [0.5, 0.6) is 0 Å². The average molecular weight is 566 g/mol. The molecule has 3 heterocycles. The maximum absolute atomic E-state index is 13.5. The van der Waals surface area contributed by atoms with E-state index in [1.807, 2.05) is 0 Å². The third kappa shape index (κ3) is 5.46. The Morgan fingerprint density at radius 2 is 1.50 bits per heavy atom. The normalized spacial score (nSPS) is 22.8. The molecule has 1 aromatic rings. The molecule has 1 aromatic carbocycles. The van der Waals surface area contributed by atoms with Gasteiger partial charge in [-0.25, -0.2) is 8.78 Å². The Hall–Kier alpha value is -2.14. The Morgan fingerprint density at radius 3 is 1.95 bits per heavy atom. The fourth-order valence-electron chi connectivity index (χ4n) is 5.84. The summed E-state index contributed by atoms with van der Waals surface area (Å²) in [6.07, 6.45) is -2.16. The Balaban J connectivity index is 1.29. The first-order chi connectivity index (χ1) is 17.6. The van der Waals surface area contributed by atoms with Gasteiger partial charge in [-0.15, -0.1) is 0 Å². The minimum Gasteiger partial charge on any atom is -0.372 e. The van der Waals surface area contributed by atoms with Crippen LogP contribution >= 0.6 is 11.6 Å². The molecule has 212 valence electrons. The number of nitrogens with zero attached hydrogens (tertiary/aromatic N) is 3. The van der Waals surface area contributed by atoms with Gasteiger partial charge in [-0.05, 0) is 55.7 Å². The number of alkyl halides is 5. The summed E-state index contributed by atoms with van der Waals surface area (Å²) >= 11 is 6.33. The predicted octanol–water partition coefficient (Wildman–Crippen LogP) is 4.84. The number of carbonyl (C=O) groups excluding carboxylic acids is 2. The molecule has 12 heteroatoms. The van der Waals surface area contributed by atoms with Gasteiger partial charge in [0.05, 0.1) is 23.7 Å². The number of hydrogen-bond donors (Lipinski definition) is 1. The summed E-state index contributed by atoms with van der Waals surface area (Å²) in [6, 6.07) is 5.00. The summed E-state index contributed by atoms with van der Waals surface area (Å²) in [5, 5.41) is 10.5. The fourth-order valence-corrected chi connectivity index (χ4v) is 6.10. The van der Waals surface area contributed by atoms with Gasteiger partial charge in [-0.2, -0.15) is 13.2 Å². The molecule has 0 bridgehead atoms. The molecule has 0 aliphatic carbocycles. The Bertz CT molecular complexity index is 1050. The zero-order valence-corrected chi connectivity index (χ0v) is 22.2. The van der Waals surface area contributed by atoms with Crippen LogP contribution in [0.1, 0.15) is 49.9 Å². The van der Waals surface area contributed by atoms with E-state index < -0.39 is 48.5 Å². The van der Waals surface area contributed by atoms with Gasteiger partial charge in [0.15, 0.2) is 0 Å². The second-order valence-electron chi connectivity index (χ2n) is 11.1. The molecule has 38 heavy (non-hydrogen) atoms. The SMILES string of the molecule is CC(C)C(O)(C(=O)N1CCC(C2CCN(c3ccc(C(=O)N4CC(F)(F)C4)c(Cl)c3)CC2)CC1)C(F)(F)F. The van der Waals surface area contributed by atoms with Gasteiger partial charge in [0.2, 0.25) is 5.60 Å². The van der Waals surface area contributed by atoms with Crippen LogP contribution in [0.15, 0.2) is 18.2 Å². The number of anilines is 1. The number of likely N-dealkylation sites (tertiary alicyclic amines) is 2. The summed E-state index contributed by atoms with van der Waals surface area (Å²) < 4.78 is 66.8. The number of rotatable bonds is 5. The van der Waals surface area contributed by atoms with E-state index >= 15 is 0 Å². The lowest BCUT2D eigenvalue weighted by atomic mass is 9.78. The van der Waals surface area contributed by atoms with E-state index in [1.165, 1.54) is 13.8 Å². The van der Waals surface area contributed by atoms with E-state index in [9.17, 15) is 36.6 Å². The van der Waals surface area contributed by atoms with E-state index in [2.05, 4.69) is 4.90 Å². The van der Waals surface area contributed by atoms with Crippen LogP contribution in [-0.2, 0) is 4.79 Å². The molecule has 1 atom stereocenters. The first-order valence-corrected chi connectivity index (χ1v) is 13.3. The smallest absolute Gasteiger partial charge is 0.372 e. The lowest BCUT2D eigenvalue weighted by Crippen LogP contribution is -2.62. The van der Waals surface area contributed by atoms with E-state index in [4.69, 9.17) is 11.6 Å². The zero-order valence-electron chi connectivity index (χ0n) is 21.4. The molecule has 0 aromatic heterocycles. The molecular weight excluding hydrogens is 533 g/mol. The van der Waals surface area contributed by atoms with Gasteiger partial charge in [-0.1, -0.05) is 25.4 Å². The van der Waals surface area contributed by atoms with Crippen molar-refractivity contribution in [2.75, 3.05) is 44.2 Å². The Morgan fingerprint density at radius 1 is 0.974 bits per heavy atom. The molecule has 3 aliphatic rings. The molecule has 1 unspecified atom stereocenters. The summed E-state index contributed by atoms with van der Waals surface area (Å²) in [4.78, 5) is 29.4. The van der Waals surface area contributed by atoms with E-state index in [0.29, 0.717) is 18.8 Å². The van der Waals surface area contributed by atoms with Gasteiger partial charge < -0.3 is 19.8 Å². The molecule has 2 amide bonds. The van der Waals surface area contributed by atoms with Crippen molar-refractivity contribution >= 4 is 29.1 Å². The molecule has 0 saturated carbocycles. The van der Waals surface area contributed by atoms with Crippen molar-refractivity contribution in [3.05, 3.63) is 28.8 Å². The van der Waals surface area contributed by atoms with Gasteiger partial charge in [0, 0.05) is 37.8 Å². The number of halogens is 6. The number of benzene rings is 1. The Kier molecular flexibility index (Phi) is 7.93. The number of carbonyl (C=O) groups is 2. The lowest BCUT2D eigenvalue weighted by molar-refractivity contribution is -0.270. The van der Waals surface area contributed by atoms with E-state index in [-0.39, 0.29) is 29.6 Å². The predicted molar refractivity (Wildman–Crippen MR) is 132 cm³/mol. The van der Waals surface area contributed by atoms with Crippen LogP contribution in [0.2, 0.25) is 5.02 Å². The summed E-state index contributed by atoms with van der Waals surface area (Å²) in [5.41, 5.74) is -2.36. The quantitative estimate of drug-likeness (QED) is 0.519. The minimum absolute atomic E-state index is 0.183. The summed E-state index contributed by atoms with van der Waals surface area (Å²) in [6.45, 7) is 3.00. The summed E-state index contributed by atoms with van der Waals surface area (Å²) in [5.74, 6) is -5.29. The number of aliphatic hydroxyl groups is 1. The van der Waals surface area contributed by atoms with Crippen LogP contribution in [0.25, 0.3) is 0 Å². The van der Waals surface area contributed by atoms with Crippen molar-refractivity contribution in [3.63, 3.8) is 0 Å². The largest absolute Gasteiger partial charge is 0.426 e. The highest BCUT2D eigenvalue weighted by atomic mass is 35.5. The van der Waals surface area contributed by atoms with Crippen LogP contribution in [-0.4, -0.2) is 83.7 Å². The van der Waals surface area contributed by atoms with Crippen molar-refractivity contribution in [1.82, 2.24) is 9.80 Å². The van der Waals surface area contributed by atoms with Crippen LogP contribution in [0.3, 0.4) is 0 Å². The van der Waals surface area contributed by atoms with Crippen molar-refractivity contribution in [3.8, 4) is 0 Å². The van der Waals surface area contributed by atoms with Crippen LogP contribution in [0, 0.1) is 17.8 Å². The third-order valence-corrected chi connectivity index (χ3v) is 8.62. The van der Waals surface area contributed by atoms with Gasteiger partial charge in [0.25, 0.3) is 17.7 Å². The first kappa shape index (κ1) is 28.9. The topological polar surface area (TPSA) is 64.1 Å². The molecule has 1 N–H and O–H groups in total. The third-order valence-electron chi connectivity index (χ3n) is 8.31. The van der Waals surface area contributed by atoms with E-state index in [0.717, 1.165) is 41.4 Å². The highest BCUT2D eigenvalue weighted by Gasteiger charge is 2.62. The second kappa shape index (κ2) is 10.4. The lowest BCUT2D eigenvalue weighted by Gasteiger charge is -2.43. The monoisotopic (exact) mass is 565 g/mol. The Labute approximate surface area is 223 Å². The standard InChI is InChI=1S/C26H33ClF5N3O3/c1-16(2)25(38,26(30,31)32)23(37)34-11-7-18(8-12-34)17-5-9-33(10-6-17)19-3-4-20(21(27)13-19)22(36)35-14-24(28,29)15-35/h3-4,13,16-18,38H,5-12,14-15H2,1-2H3. The molecule has 0 spiro atoms. The minimum atomic E-state index is -5.04. The first-order valence-electron chi connectivity index (χ1n) is 12.9. The molecule has 6 nitrogen and oxygen atoms in total. The van der Waals surface area contributed by atoms with Crippen molar-refractivity contribution < 1.29 is 36.6 Å². The number of hydrogen-bond acceptors (Lipinski definition) is 4. The van der Waals surface area contributed by atoms with Gasteiger partial charge in [0.1, 0.15) is 0 Å². The highest BCUT2D eigenvalue weighted by Crippen LogP contribution is 2.40. The zero-order chi connectivity index (χ0) is 28.0.